The summed E-state index contributed by atoms with van der Waals surface area (Å²) >= 11 is 0.686. The average molecular weight is 635 g/mol. The molecule has 1 aromatic carbocycles. The van der Waals surface area contributed by atoms with Gasteiger partial charge in [-0.3, -0.25) is 38.5 Å². The van der Waals surface area contributed by atoms with Crippen LogP contribution in [0.3, 0.4) is 0 Å². The van der Waals surface area contributed by atoms with Crippen LogP contribution in [0.25, 0.3) is 0 Å². The van der Waals surface area contributed by atoms with Crippen molar-refractivity contribution in [2.24, 2.45) is 0 Å². The van der Waals surface area contributed by atoms with Crippen molar-refractivity contribution in [3.8, 4) is 0 Å². The summed E-state index contributed by atoms with van der Waals surface area (Å²) in [5, 5.41) is 6.39. The van der Waals surface area contributed by atoms with Crippen molar-refractivity contribution in [2.45, 2.75) is 26.4 Å². The second-order valence-electron chi connectivity index (χ2n) is 9.98. The number of carbonyl (C=O) groups excluding carboxylic acids is 8. The number of hydrogen-bond acceptors (Lipinski definition) is 12. The summed E-state index contributed by atoms with van der Waals surface area (Å²) in [7, 11) is 0. The molecule has 1 heterocycles. The zero-order chi connectivity index (χ0) is 32.7. The summed E-state index contributed by atoms with van der Waals surface area (Å²) in [4.78, 5) is 96.0. The predicted molar refractivity (Wildman–Crippen MR) is 155 cm³/mol. The van der Waals surface area contributed by atoms with Gasteiger partial charge in [0.1, 0.15) is 18.8 Å². The Bertz CT molecular complexity index is 1290. The van der Waals surface area contributed by atoms with Crippen molar-refractivity contribution < 1.29 is 52.6 Å². The molecule has 0 saturated carbocycles. The van der Waals surface area contributed by atoms with Gasteiger partial charge in [-0.05, 0) is 32.9 Å². The molecular formula is C28H34N4O11S. The Hall–Kier alpha value is -4.57. The van der Waals surface area contributed by atoms with Crippen LogP contribution in [0.2, 0.25) is 0 Å². The van der Waals surface area contributed by atoms with Crippen LogP contribution in [-0.2, 0) is 43.0 Å². The fourth-order valence-electron chi connectivity index (χ4n) is 3.20. The highest BCUT2D eigenvalue weighted by atomic mass is 32.2. The maximum absolute atomic E-state index is 12.4. The maximum Gasteiger partial charge on any atom is 0.338 e. The van der Waals surface area contributed by atoms with Gasteiger partial charge in [-0.2, -0.15) is 0 Å². The summed E-state index contributed by atoms with van der Waals surface area (Å²) in [5.41, 5.74) is -0.301. The maximum atomic E-state index is 12.4. The normalized spacial score (nSPS) is 12.5. The Balaban J connectivity index is 1.54. The topological polar surface area (TPSA) is 204 Å². The quantitative estimate of drug-likeness (QED) is 0.118. The molecule has 1 aliphatic heterocycles. The monoisotopic (exact) mass is 634 g/mol. The van der Waals surface area contributed by atoms with Gasteiger partial charge in [-0.15, -0.1) is 0 Å². The molecule has 1 aromatic rings. The Kier molecular flexibility index (Phi) is 14.2. The van der Waals surface area contributed by atoms with Crippen LogP contribution in [0.1, 0.15) is 41.5 Å². The van der Waals surface area contributed by atoms with E-state index in [0.29, 0.717) is 11.8 Å². The number of ether oxygens (including phenoxy) is 3. The van der Waals surface area contributed by atoms with E-state index in [1.807, 2.05) is 0 Å². The van der Waals surface area contributed by atoms with Crippen LogP contribution in [0.15, 0.2) is 36.4 Å². The van der Waals surface area contributed by atoms with Crippen LogP contribution in [0.5, 0.6) is 0 Å². The summed E-state index contributed by atoms with van der Waals surface area (Å²) in [5.74, 6) is -4.43. The standard InChI is InChI=1S/C28H34N4O11S/c1-28(2,3)43-26(39)18-5-4-6-19(13-18)27(40)44-17-22(35)30-15-20(33)29-14-21(34)31-16-25(38)42-12-11-41-10-9-32-23(36)7-8-24(32)37/h4-8,13H,9-12,14-17H2,1-3H3,(H,29,33)(H,30,35)(H,31,34). The first-order valence-corrected chi connectivity index (χ1v) is 14.3. The van der Waals surface area contributed by atoms with Gasteiger partial charge in [0.2, 0.25) is 22.8 Å². The van der Waals surface area contributed by atoms with Crippen molar-refractivity contribution in [3.63, 3.8) is 0 Å². The van der Waals surface area contributed by atoms with Gasteiger partial charge >= 0.3 is 11.9 Å². The van der Waals surface area contributed by atoms with E-state index in [2.05, 4.69) is 16.0 Å². The van der Waals surface area contributed by atoms with Crippen molar-refractivity contribution in [1.29, 1.82) is 0 Å². The van der Waals surface area contributed by atoms with Crippen LogP contribution >= 0.6 is 11.8 Å². The lowest BCUT2D eigenvalue weighted by Crippen LogP contribution is -2.43. The fourth-order valence-corrected chi connectivity index (χ4v) is 3.86. The second kappa shape index (κ2) is 17.5. The molecule has 1 aliphatic rings. The van der Waals surface area contributed by atoms with Gasteiger partial charge in [-0.25, -0.2) is 4.79 Å². The van der Waals surface area contributed by atoms with E-state index in [1.165, 1.54) is 24.3 Å². The smallest absolute Gasteiger partial charge is 0.338 e. The van der Waals surface area contributed by atoms with E-state index in [1.54, 1.807) is 20.8 Å². The third-order valence-electron chi connectivity index (χ3n) is 5.24. The molecule has 0 fully saturated rings. The van der Waals surface area contributed by atoms with Gasteiger partial charge < -0.3 is 30.2 Å². The molecule has 0 spiro atoms. The molecule has 0 saturated heterocycles. The molecule has 0 aliphatic carbocycles. The van der Waals surface area contributed by atoms with E-state index >= 15 is 0 Å². The first kappa shape index (κ1) is 35.6. The van der Waals surface area contributed by atoms with E-state index in [-0.39, 0.29) is 43.2 Å². The molecule has 16 heteroatoms. The Morgan fingerprint density at radius 3 is 2.02 bits per heavy atom. The molecule has 44 heavy (non-hydrogen) atoms. The molecule has 0 bridgehead atoms. The van der Waals surface area contributed by atoms with E-state index < -0.39 is 71.8 Å². The summed E-state index contributed by atoms with van der Waals surface area (Å²) in [6.45, 7) is 3.82. The number of amides is 5. The summed E-state index contributed by atoms with van der Waals surface area (Å²) < 4.78 is 15.4. The van der Waals surface area contributed by atoms with Crippen molar-refractivity contribution in [3.05, 3.63) is 47.5 Å². The van der Waals surface area contributed by atoms with Gasteiger partial charge in [0.05, 0.1) is 44.2 Å². The summed E-state index contributed by atoms with van der Waals surface area (Å²) in [6.07, 6.45) is 2.32. The SMILES string of the molecule is CC(C)(C)OC(=O)c1cccc(C(=O)SCC(=O)NCC(=O)NCC(=O)NCC(=O)OCCOCCN2C(=O)C=CC2=O)c1. The highest BCUT2D eigenvalue weighted by Crippen LogP contribution is 2.17. The lowest BCUT2D eigenvalue weighted by atomic mass is 10.1. The first-order valence-electron chi connectivity index (χ1n) is 13.3. The molecule has 2 rings (SSSR count). The molecule has 5 amide bonds. The molecule has 3 N–H and O–H groups in total. The number of rotatable bonds is 16. The highest BCUT2D eigenvalue weighted by Gasteiger charge is 2.22. The minimum atomic E-state index is -0.752. The number of benzene rings is 1. The number of carbonyl (C=O) groups is 8. The van der Waals surface area contributed by atoms with Crippen molar-refractivity contribution in [1.82, 2.24) is 20.9 Å². The number of esters is 2. The number of nitrogens with one attached hydrogen (secondary N) is 3. The Morgan fingerprint density at radius 1 is 0.795 bits per heavy atom. The molecule has 0 radical (unpaired) electrons. The minimum Gasteiger partial charge on any atom is -0.462 e. The Labute approximate surface area is 257 Å². The largest absolute Gasteiger partial charge is 0.462 e. The minimum absolute atomic E-state index is 0.0130. The van der Waals surface area contributed by atoms with Crippen molar-refractivity contribution in [2.75, 3.05) is 51.8 Å². The predicted octanol–water partition coefficient (Wildman–Crippen LogP) is -0.651. The average Bonchev–Trinajstić information content (AvgIpc) is 3.29. The molecular weight excluding hydrogens is 600 g/mol. The molecule has 0 aromatic heterocycles. The van der Waals surface area contributed by atoms with Gasteiger partial charge in [0.15, 0.2) is 0 Å². The second-order valence-corrected chi connectivity index (χ2v) is 10.9. The Morgan fingerprint density at radius 2 is 1.39 bits per heavy atom. The molecule has 0 unspecified atom stereocenters. The van der Waals surface area contributed by atoms with E-state index in [0.717, 1.165) is 17.1 Å². The lowest BCUT2D eigenvalue weighted by Gasteiger charge is -2.19. The fraction of sp³-hybridized carbons (Fsp3) is 0.429. The molecule has 238 valence electrons. The van der Waals surface area contributed by atoms with Crippen molar-refractivity contribution >= 4 is 58.4 Å². The van der Waals surface area contributed by atoms with Gasteiger partial charge in [-0.1, -0.05) is 23.9 Å². The first-order chi connectivity index (χ1) is 20.7. The van der Waals surface area contributed by atoms with Crippen LogP contribution < -0.4 is 16.0 Å². The third-order valence-corrected chi connectivity index (χ3v) is 6.14. The van der Waals surface area contributed by atoms with E-state index in [9.17, 15) is 38.4 Å². The zero-order valence-corrected chi connectivity index (χ0v) is 25.3. The molecule has 0 atom stereocenters. The number of imide groups is 1. The van der Waals surface area contributed by atoms with Gasteiger partial charge in [0, 0.05) is 17.7 Å². The number of nitrogens with zero attached hydrogens (tertiary/aromatic N) is 1. The van der Waals surface area contributed by atoms with Crippen LogP contribution in [0, 0.1) is 0 Å². The lowest BCUT2D eigenvalue weighted by molar-refractivity contribution is -0.145. The van der Waals surface area contributed by atoms with Crippen LogP contribution in [-0.4, -0.2) is 109 Å². The van der Waals surface area contributed by atoms with E-state index in [4.69, 9.17) is 14.2 Å². The zero-order valence-electron chi connectivity index (χ0n) is 24.5. The number of hydrogen-bond donors (Lipinski definition) is 3. The third kappa shape index (κ3) is 13.6. The highest BCUT2D eigenvalue weighted by molar-refractivity contribution is 8.14. The van der Waals surface area contributed by atoms with Gasteiger partial charge in [0.25, 0.3) is 11.8 Å². The number of thioether (sulfide) groups is 1. The summed E-state index contributed by atoms with van der Waals surface area (Å²) in [6, 6.07) is 5.91. The van der Waals surface area contributed by atoms with Crippen LogP contribution in [0.4, 0.5) is 0 Å². The molecule has 15 nitrogen and oxygen atoms in total.